The van der Waals surface area contributed by atoms with Crippen molar-refractivity contribution in [3.8, 4) is 0 Å². The van der Waals surface area contributed by atoms with Gasteiger partial charge in [-0.25, -0.2) is 9.89 Å². The summed E-state index contributed by atoms with van der Waals surface area (Å²) in [5.41, 5.74) is -0.138. The number of carbonyl (C=O) groups is 1. The Morgan fingerprint density at radius 1 is 1.29 bits per heavy atom. The van der Waals surface area contributed by atoms with Crippen molar-refractivity contribution in [3.05, 3.63) is 16.3 Å². The molecule has 3 rings (SSSR count). The molecule has 1 aliphatic carbocycles. The Kier molecular flexibility index (Phi) is 3.63. The third kappa shape index (κ3) is 2.40. The number of amides is 1. The number of hydrogen-bond acceptors (Lipinski definition) is 3. The van der Waals surface area contributed by atoms with Crippen LogP contribution in [0.25, 0.3) is 0 Å². The van der Waals surface area contributed by atoms with E-state index in [1.807, 2.05) is 4.90 Å². The third-order valence-corrected chi connectivity index (χ3v) is 5.14. The second-order valence-corrected chi connectivity index (χ2v) is 6.92. The topological polar surface area (TPSA) is 81.8 Å². The summed E-state index contributed by atoms with van der Waals surface area (Å²) in [6.45, 7) is 5.18. The number of nitrogens with one attached hydrogen (secondary N) is 2. The Bertz CT molecular complexity index is 566. The molecule has 1 amide bonds. The van der Waals surface area contributed by atoms with Gasteiger partial charge < -0.3 is 4.90 Å². The highest BCUT2D eigenvalue weighted by atomic mass is 16.2. The monoisotopic (exact) mass is 292 g/mol. The lowest BCUT2D eigenvalue weighted by Crippen LogP contribution is -2.68. The van der Waals surface area contributed by atoms with Crippen molar-refractivity contribution < 1.29 is 4.79 Å². The van der Waals surface area contributed by atoms with Gasteiger partial charge in [-0.2, -0.15) is 0 Å². The van der Waals surface area contributed by atoms with E-state index in [2.05, 4.69) is 29.0 Å². The molecule has 1 aromatic rings. The van der Waals surface area contributed by atoms with Crippen LogP contribution in [0.3, 0.4) is 0 Å². The van der Waals surface area contributed by atoms with Gasteiger partial charge in [0, 0.05) is 18.0 Å². The molecule has 1 saturated carbocycles. The molecule has 0 aromatic carbocycles. The van der Waals surface area contributed by atoms with Gasteiger partial charge in [-0.3, -0.25) is 9.78 Å². The summed E-state index contributed by atoms with van der Waals surface area (Å²) < 4.78 is 0. The summed E-state index contributed by atoms with van der Waals surface area (Å²) in [7, 11) is 0. The van der Waals surface area contributed by atoms with Crippen LogP contribution in [0.2, 0.25) is 0 Å². The fourth-order valence-electron chi connectivity index (χ4n) is 4.41. The Labute approximate surface area is 124 Å². The van der Waals surface area contributed by atoms with E-state index in [0.717, 1.165) is 6.54 Å². The number of carbonyl (C=O) groups excluding carboxylic acids is 1. The quantitative estimate of drug-likeness (QED) is 0.873. The Balaban J connectivity index is 1.81. The molecule has 2 heterocycles. The van der Waals surface area contributed by atoms with Crippen molar-refractivity contribution in [1.82, 2.24) is 20.1 Å². The molecule has 1 aliphatic heterocycles. The van der Waals surface area contributed by atoms with Gasteiger partial charge in [-0.05, 0) is 18.8 Å². The third-order valence-electron chi connectivity index (χ3n) is 5.14. The summed E-state index contributed by atoms with van der Waals surface area (Å²) in [4.78, 5) is 28.1. The summed E-state index contributed by atoms with van der Waals surface area (Å²) in [6.07, 6.45) is 7.60. The van der Waals surface area contributed by atoms with Gasteiger partial charge >= 0.3 is 5.69 Å². The number of H-pyrrole nitrogens is 2. The number of nitrogens with zero attached hydrogens (tertiary/aromatic N) is 2. The minimum absolute atomic E-state index is 0.133. The van der Waals surface area contributed by atoms with Crippen LogP contribution in [-0.2, 0) is 0 Å². The van der Waals surface area contributed by atoms with Crippen molar-refractivity contribution in [3.63, 3.8) is 0 Å². The average molecular weight is 292 g/mol. The second-order valence-electron chi connectivity index (χ2n) is 6.92. The van der Waals surface area contributed by atoms with Crippen LogP contribution < -0.4 is 5.69 Å². The van der Waals surface area contributed by atoms with Gasteiger partial charge in [-0.1, -0.05) is 39.5 Å². The molecule has 6 nitrogen and oxygen atoms in total. The summed E-state index contributed by atoms with van der Waals surface area (Å²) in [6, 6.07) is 0.267. The molecule has 1 spiro atoms. The number of rotatable bonds is 2. The maximum atomic E-state index is 12.5. The van der Waals surface area contributed by atoms with Gasteiger partial charge in [0.15, 0.2) is 0 Å². The minimum atomic E-state index is -0.427. The van der Waals surface area contributed by atoms with Crippen LogP contribution in [-0.4, -0.2) is 38.6 Å². The van der Waals surface area contributed by atoms with Crippen molar-refractivity contribution in [2.24, 2.45) is 11.3 Å². The summed E-state index contributed by atoms with van der Waals surface area (Å²) >= 11 is 0. The predicted octanol–water partition coefficient (Wildman–Crippen LogP) is 1.92. The zero-order valence-electron chi connectivity index (χ0n) is 12.8. The highest BCUT2D eigenvalue weighted by Crippen LogP contribution is 2.50. The molecule has 21 heavy (non-hydrogen) atoms. The number of likely N-dealkylation sites (tertiary alicyclic amines) is 1. The largest absolute Gasteiger partial charge is 0.341 e. The number of aromatic nitrogens is 3. The molecule has 6 heteroatoms. The Morgan fingerprint density at radius 2 is 1.95 bits per heavy atom. The lowest BCUT2D eigenvalue weighted by atomic mass is 9.63. The van der Waals surface area contributed by atoms with Gasteiger partial charge in [0.05, 0.1) is 0 Å². The van der Waals surface area contributed by atoms with E-state index in [1.54, 1.807) is 0 Å². The van der Waals surface area contributed by atoms with Crippen LogP contribution in [0, 0.1) is 11.3 Å². The standard InChI is InChI=1S/C15H24N4O2/c1-10(2)11-15(7-5-3-4-6-8-15)9-19(11)13(20)12-16-14(21)18-17-12/h10-11H,3-9H2,1-2H3,(H2,16,17,18,21). The maximum absolute atomic E-state index is 12.5. The summed E-state index contributed by atoms with van der Waals surface area (Å²) in [5.74, 6) is 0.405. The fourth-order valence-corrected chi connectivity index (χ4v) is 4.41. The van der Waals surface area contributed by atoms with Gasteiger partial charge in [0.1, 0.15) is 0 Å². The van der Waals surface area contributed by atoms with Crippen molar-refractivity contribution in [1.29, 1.82) is 0 Å². The predicted molar refractivity (Wildman–Crippen MR) is 79.0 cm³/mol. The SMILES string of the molecule is CC(C)C1N(C(=O)c2n[nH]c(=O)[nH]2)CC12CCCCCC2. The van der Waals surface area contributed by atoms with Gasteiger partial charge in [-0.15, -0.1) is 5.10 Å². The number of aromatic amines is 2. The number of hydrogen-bond donors (Lipinski definition) is 2. The molecule has 0 bridgehead atoms. The lowest BCUT2D eigenvalue weighted by molar-refractivity contribution is -0.0835. The first-order valence-corrected chi connectivity index (χ1v) is 7.99. The average Bonchev–Trinajstić information content (AvgIpc) is 2.70. The highest BCUT2D eigenvalue weighted by Gasteiger charge is 2.55. The van der Waals surface area contributed by atoms with E-state index < -0.39 is 5.69 Å². The molecule has 116 valence electrons. The van der Waals surface area contributed by atoms with E-state index in [0.29, 0.717) is 5.92 Å². The molecule has 2 aliphatic rings. The van der Waals surface area contributed by atoms with Crippen molar-refractivity contribution in [2.75, 3.05) is 6.54 Å². The summed E-state index contributed by atoms with van der Waals surface area (Å²) in [5, 5.41) is 6.05. The van der Waals surface area contributed by atoms with Crippen molar-refractivity contribution >= 4 is 5.91 Å². The van der Waals surface area contributed by atoms with Crippen LogP contribution in [0.4, 0.5) is 0 Å². The molecule has 2 fully saturated rings. The van der Waals surface area contributed by atoms with E-state index >= 15 is 0 Å². The highest BCUT2D eigenvalue weighted by molar-refractivity contribution is 5.91. The van der Waals surface area contributed by atoms with Crippen LogP contribution in [0.5, 0.6) is 0 Å². The molecular weight excluding hydrogens is 268 g/mol. The molecule has 0 radical (unpaired) electrons. The normalized spacial score (nSPS) is 24.9. The molecule has 2 N–H and O–H groups in total. The second kappa shape index (κ2) is 5.31. The first-order valence-electron chi connectivity index (χ1n) is 7.99. The van der Waals surface area contributed by atoms with Gasteiger partial charge in [0.25, 0.3) is 5.91 Å². The lowest BCUT2D eigenvalue weighted by Gasteiger charge is -2.59. The maximum Gasteiger partial charge on any atom is 0.341 e. The fraction of sp³-hybridized carbons (Fsp3) is 0.800. The molecule has 1 aromatic heterocycles. The minimum Gasteiger partial charge on any atom is -0.331 e. The van der Waals surface area contributed by atoms with Gasteiger partial charge in [0.2, 0.25) is 5.82 Å². The molecule has 1 atom stereocenters. The zero-order chi connectivity index (χ0) is 15.0. The smallest absolute Gasteiger partial charge is 0.331 e. The Hall–Kier alpha value is -1.59. The van der Waals surface area contributed by atoms with E-state index in [1.165, 1.54) is 38.5 Å². The molecular formula is C15H24N4O2. The van der Waals surface area contributed by atoms with Crippen LogP contribution in [0.15, 0.2) is 4.79 Å². The van der Waals surface area contributed by atoms with Crippen LogP contribution in [0.1, 0.15) is 63.0 Å². The molecule has 1 unspecified atom stereocenters. The van der Waals surface area contributed by atoms with E-state index in [9.17, 15) is 9.59 Å². The van der Waals surface area contributed by atoms with Crippen LogP contribution >= 0.6 is 0 Å². The van der Waals surface area contributed by atoms with E-state index in [4.69, 9.17) is 0 Å². The molecule has 1 saturated heterocycles. The van der Waals surface area contributed by atoms with Crippen molar-refractivity contribution in [2.45, 2.75) is 58.4 Å². The first-order chi connectivity index (χ1) is 10.0. The first kappa shape index (κ1) is 14.4. The Morgan fingerprint density at radius 3 is 2.48 bits per heavy atom. The van der Waals surface area contributed by atoms with E-state index in [-0.39, 0.29) is 23.2 Å². The zero-order valence-corrected chi connectivity index (χ0v) is 12.8.